The number of carbonyl (C=O) groups excluding carboxylic acids is 5. The molecule has 1 N–H and O–H groups in total. The van der Waals surface area contributed by atoms with Crippen LogP contribution < -0.4 is 15.0 Å². The van der Waals surface area contributed by atoms with Crippen molar-refractivity contribution < 1.29 is 38.2 Å². The molecule has 0 bridgehead atoms. The lowest BCUT2D eigenvalue weighted by molar-refractivity contribution is -0.171. The highest BCUT2D eigenvalue weighted by atomic mass is 16.6. The third-order valence-electron chi connectivity index (χ3n) is 8.59. The average molecular weight is 715 g/mol. The topological polar surface area (TPSA) is 144 Å². The van der Waals surface area contributed by atoms with Crippen molar-refractivity contribution in [2.75, 3.05) is 12.0 Å². The van der Waals surface area contributed by atoms with Crippen LogP contribution in [0, 0.1) is 19.8 Å². The molecule has 12 heteroatoms. The van der Waals surface area contributed by atoms with Crippen LogP contribution >= 0.6 is 0 Å². The van der Waals surface area contributed by atoms with Gasteiger partial charge in [0.15, 0.2) is 0 Å². The van der Waals surface area contributed by atoms with Gasteiger partial charge in [0.1, 0.15) is 28.8 Å². The second kappa shape index (κ2) is 16.0. The van der Waals surface area contributed by atoms with Crippen molar-refractivity contribution in [1.29, 1.82) is 0 Å². The molecule has 1 fully saturated rings. The van der Waals surface area contributed by atoms with E-state index in [0.717, 1.165) is 27.2 Å². The van der Waals surface area contributed by atoms with Crippen molar-refractivity contribution >= 4 is 35.7 Å². The van der Waals surface area contributed by atoms with Crippen LogP contribution in [0.3, 0.4) is 0 Å². The van der Waals surface area contributed by atoms with Crippen molar-refractivity contribution in [2.24, 2.45) is 5.92 Å². The summed E-state index contributed by atoms with van der Waals surface area (Å²) in [6.45, 7) is 15.9. The van der Waals surface area contributed by atoms with E-state index in [0.29, 0.717) is 16.2 Å². The maximum absolute atomic E-state index is 14.0. The number of carbonyl (C=O) groups is 5. The molecule has 1 saturated heterocycles. The highest BCUT2D eigenvalue weighted by Gasteiger charge is 2.54. The smallest absolute Gasteiger partial charge is 0.425 e. The molecule has 0 aliphatic carbocycles. The Morgan fingerprint density at radius 3 is 2.02 bits per heavy atom. The predicted molar refractivity (Wildman–Crippen MR) is 196 cm³/mol. The first kappa shape index (κ1) is 39.5. The van der Waals surface area contributed by atoms with Crippen LogP contribution in [0.25, 0.3) is 0 Å². The monoisotopic (exact) mass is 714 g/mol. The number of hydrogen-bond acceptors (Lipinski definition) is 9. The molecule has 1 aliphatic rings. The number of amides is 5. The van der Waals surface area contributed by atoms with Crippen LogP contribution in [0.5, 0.6) is 5.75 Å². The molecule has 5 amide bonds. The SMILES string of the molecule is COc1cc(C)c(CNC(=O)[C@@H]2[C@@H](Cc3ccnc(N(C(=O)OC(C)(C)C)C(=O)OC(C)(C)C)c3)C(=O)N2C(=O)C[C@H](C)c2ccccc2)c(C)c1. The van der Waals surface area contributed by atoms with E-state index in [9.17, 15) is 24.0 Å². The second-order valence-corrected chi connectivity index (χ2v) is 15.1. The lowest BCUT2D eigenvalue weighted by Crippen LogP contribution is -2.68. The highest BCUT2D eigenvalue weighted by Crippen LogP contribution is 2.34. The summed E-state index contributed by atoms with van der Waals surface area (Å²) in [7, 11) is 1.59. The van der Waals surface area contributed by atoms with E-state index in [4.69, 9.17) is 14.2 Å². The fraction of sp³-hybridized carbons (Fsp3) is 0.450. The van der Waals surface area contributed by atoms with Crippen LogP contribution in [0.1, 0.15) is 88.6 Å². The molecule has 12 nitrogen and oxygen atoms in total. The Morgan fingerprint density at radius 2 is 1.48 bits per heavy atom. The summed E-state index contributed by atoms with van der Waals surface area (Å²) in [6, 6.07) is 15.3. The molecule has 278 valence electrons. The highest BCUT2D eigenvalue weighted by molar-refractivity contribution is 6.10. The molecule has 0 saturated carbocycles. The zero-order chi connectivity index (χ0) is 38.5. The summed E-state index contributed by atoms with van der Waals surface area (Å²) in [5.74, 6) is -1.89. The van der Waals surface area contributed by atoms with Crippen molar-refractivity contribution in [3.8, 4) is 5.75 Å². The summed E-state index contributed by atoms with van der Waals surface area (Å²) < 4.78 is 16.4. The van der Waals surface area contributed by atoms with Gasteiger partial charge in [-0.15, -0.1) is 0 Å². The first-order valence-corrected chi connectivity index (χ1v) is 17.3. The maximum atomic E-state index is 14.0. The third-order valence-corrected chi connectivity index (χ3v) is 8.59. The molecule has 2 heterocycles. The van der Waals surface area contributed by atoms with Gasteiger partial charge in [0, 0.05) is 19.2 Å². The summed E-state index contributed by atoms with van der Waals surface area (Å²) in [4.78, 5) is 74.0. The number of ether oxygens (including phenoxy) is 3. The number of aromatic nitrogens is 1. The number of anilines is 1. The molecule has 3 atom stereocenters. The summed E-state index contributed by atoms with van der Waals surface area (Å²) in [6.07, 6.45) is -0.525. The van der Waals surface area contributed by atoms with Gasteiger partial charge in [-0.3, -0.25) is 19.3 Å². The van der Waals surface area contributed by atoms with Crippen LogP contribution in [-0.4, -0.2) is 64.1 Å². The molecule has 1 aromatic heterocycles. The van der Waals surface area contributed by atoms with Gasteiger partial charge in [0.05, 0.1) is 13.0 Å². The molecule has 1 aliphatic heterocycles. The molecule has 4 rings (SSSR count). The number of β-lactam (4-membered cyclic amide) rings is 1. The minimum atomic E-state index is -1.09. The number of nitrogens with one attached hydrogen (secondary N) is 1. The lowest BCUT2D eigenvalue weighted by atomic mass is 9.81. The Balaban J connectivity index is 1.63. The largest absolute Gasteiger partial charge is 0.497 e. The predicted octanol–water partition coefficient (Wildman–Crippen LogP) is 6.79. The van der Waals surface area contributed by atoms with Gasteiger partial charge >= 0.3 is 12.2 Å². The lowest BCUT2D eigenvalue weighted by Gasteiger charge is -2.45. The Morgan fingerprint density at radius 1 is 0.904 bits per heavy atom. The summed E-state index contributed by atoms with van der Waals surface area (Å²) in [5.41, 5.74) is 2.34. The van der Waals surface area contributed by atoms with E-state index < -0.39 is 53.1 Å². The van der Waals surface area contributed by atoms with E-state index in [2.05, 4.69) is 10.3 Å². The number of hydrogen-bond donors (Lipinski definition) is 1. The normalized spacial score (nSPS) is 16.3. The van der Waals surface area contributed by atoms with E-state index in [1.54, 1.807) is 54.7 Å². The van der Waals surface area contributed by atoms with Gasteiger partial charge in [0.25, 0.3) is 0 Å². The first-order valence-electron chi connectivity index (χ1n) is 17.3. The van der Waals surface area contributed by atoms with Gasteiger partial charge in [-0.2, -0.15) is 4.90 Å². The Hall–Kier alpha value is -5.26. The molecule has 3 aromatic rings. The number of methoxy groups -OCH3 is 1. The van der Waals surface area contributed by atoms with Crippen molar-refractivity contribution in [1.82, 2.24) is 15.2 Å². The molecule has 0 radical (unpaired) electrons. The fourth-order valence-electron chi connectivity index (χ4n) is 6.06. The standard InChI is InChI=1S/C40H50N4O8/c1-24(28-14-12-11-13-15-28)20-33(45)44-34(35(46)42-23-31-25(2)18-29(50-10)19-26(31)3)30(36(44)47)21-27-16-17-41-32(22-27)43(37(48)51-39(4,5)6)38(49)52-40(7,8)9/h11-19,22,24,30,34H,20-21,23H2,1-10H3,(H,42,46)/t24-,30+,34-/m0/s1. The van der Waals surface area contributed by atoms with Crippen molar-refractivity contribution in [3.05, 3.63) is 88.6 Å². The Kier molecular flexibility index (Phi) is 12.1. The quantitative estimate of drug-likeness (QED) is 0.225. The van der Waals surface area contributed by atoms with Gasteiger partial charge in [0.2, 0.25) is 17.7 Å². The maximum Gasteiger partial charge on any atom is 0.425 e. The van der Waals surface area contributed by atoms with Crippen LogP contribution in [0.2, 0.25) is 0 Å². The fourth-order valence-corrected chi connectivity index (χ4v) is 6.06. The number of imide groups is 2. The van der Waals surface area contributed by atoms with E-state index >= 15 is 0 Å². The summed E-state index contributed by atoms with van der Waals surface area (Å²) in [5, 5.41) is 2.96. The van der Waals surface area contributed by atoms with E-state index in [1.165, 1.54) is 12.3 Å². The first-order chi connectivity index (χ1) is 24.3. The van der Waals surface area contributed by atoms with E-state index in [1.807, 2.05) is 63.2 Å². The number of aryl methyl sites for hydroxylation is 2. The van der Waals surface area contributed by atoms with Crippen molar-refractivity contribution in [3.63, 3.8) is 0 Å². The molecular weight excluding hydrogens is 664 g/mol. The zero-order valence-corrected chi connectivity index (χ0v) is 31.7. The van der Waals surface area contributed by atoms with Crippen LogP contribution in [-0.2, 0) is 36.8 Å². The van der Waals surface area contributed by atoms with Crippen LogP contribution in [0.4, 0.5) is 15.4 Å². The van der Waals surface area contributed by atoms with Gasteiger partial charge in [-0.05, 0) is 120 Å². The van der Waals surface area contributed by atoms with Crippen molar-refractivity contribution in [2.45, 2.75) is 105 Å². The van der Waals surface area contributed by atoms with E-state index in [-0.39, 0.29) is 31.1 Å². The molecule has 0 spiro atoms. The summed E-state index contributed by atoms with van der Waals surface area (Å²) >= 11 is 0. The molecule has 52 heavy (non-hydrogen) atoms. The minimum Gasteiger partial charge on any atom is -0.497 e. The average Bonchev–Trinajstić information content (AvgIpc) is 3.04. The minimum absolute atomic E-state index is 0.0293. The van der Waals surface area contributed by atoms with Gasteiger partial charge in [-0.1, -0.05) is 37.3 Å². The Bertz CT molecular complexity index is 1760. The van der Waals surface area contributed by atoms with Gasteiger partial charge < -0.3 is 19.5 Å². The number of nitrogens with zero attached hydrogens (tertiary/aromatic N) is 3. The molecular formula is C40H50N4O8. The van der Waals surface area contributed by atoms with Gasteiger partial charge in [-0.25, -0.2) is 14.6 Å². The zero-order valence-electron chi connectivity index (χ0n) is 31.7. The number of rotatable bonds is 10. The second-order valence-electron chi connectivity index (χ2n) is 15.1. The number of likely N-dealkylation sites (tertiary alicyclic amines) is 1. The Labute approximate surface area is 305 Å². The number of benzene rings is 2. The third kappa shape index (κ3) is 9.74. The number of pyridine rings is 1. The molecule has 0 unspecified atom stereocenters. The molecule has 2 aromatic carbocycles. The van der Waals surface area contributed by atoms with Crippen LogP contribution in [0.15, 0.2) is 60.8 Å².